The topological polar surface area (TPSA) is 117 Å². The summed E-state index contributed by atoms with van der Waals surface area (Å²) < 4.78 is 4.98. The quantitative estimate of drug-likeness (QED) is 0.716. The van der Waals surface area contributed by atoms with Gasteiger partial charge in [0.25, 0.3) is 5.91 Å². The van der Waals surface area contributed by atoms with Crippen molar-refractivity contribution in [2.45, 2.75) is 51.5 Å². The van der Waals surface area contributed by atoms with Gasteiger partial charge in [0.05, 0.1) is 5.69 Å². The number of hydrazone groups is 1. The van der Waals surface area contributed by atoms with Crippen LogP contribution in [-0.4, -0.2) is 42.2 Å². The fourth-order valence-electron chi connectivity index (χ4n) is 3.58. The van der Waals surface area contributed by atoms with Gasteiger partial charge in [-0.15, -0.1) is 0 Å². The maximum Gasteiger partial charge on any atom is 0.355 e. The normalized spacial score (nSPS) is 21.4. The van der Waals surface area contributed by atoms with Gasteiger partial charge in [0.1, 0.15) is 5.71 Å². The van der Waals surface area contributed by atoms with Gasteiger partial charge in [-0.25, -0.2) is 14.6 Å². The van der Waals surface area contributed by atoms with Crippen molar-refractivity contribution in [3.63, 3.8) is 0 Å². The number of hydrogen-bond acceptors (Lipinski definition) is 6. The van der Waals surface area contributed by atoms with Crippen LogP contribution >= 0.6 is 0 Å². The maximum absolute atomic E-state index is 12.3. The summed E-state index contributed by atoms with van der Waals surface area (Å²) >= 11 is 0. The highest BCUT2D eigenvalue weighted by atomic mass is 16.5. The van der Waals surface area contributed by atoms with E-state index in [1.165, 1.54) is 0 Å². The van der Waals surface area contributed by atoms with Crippen LogP contribution in [0, 0.1) is 5.92 Å². The average molecular weight is 414 g/mol. The third-order valence-corrected chi connectivity index (χ3v) is 5.28. The molecule has 4 amide bonds. The lowest BCUT2D eigenvalue weighted by molar-refractivity contribution is -0.142. The van der Waals surface area contributed by atoms with Gasteiger partial charge in [-0.2, -0.15) is 5.10 Å². The summed E-state index contributed by atoms with van der Waals surface area (Å²) in [5.74, 6) is -1.39. The van der Waals surface area contributed by atoms with Crippen LogP contribution in [0.4, 0.5) is 10.5 Å². The zero-order valence-corrected chi connectivity index (χ0v) is 16.9. The van der Waals surface area contributed by atoms with E-state index in [1.807, 2.05) is 0 Å². The molecule has 1 heterocycles. The Morgan fingerprint density at radius 3 is 2.60 bits per heavy atom. The second kappa shape index (κ2) is 10.00. The first-order valence-corrected chi connectivity index (χ1v) is 10.2. The first-order valence-electron chi connectivity index (χ1n) is 10.2. The van der Waals surface area contributed by atoms with E-state index < -0.39 is 24.5 Å². The van der Waals surface area contributed by atoms with Crippen LogP contribution in [0.2, 0.25) is 0 Å². The van der Waals surface area contributed by atoms with Crippen LogP contribution in [0.15, 0.2) is 35.4 Å². The number of benzene rings is 1. The number of nitrogens with zero attached hydrogens (tertiary/aromatic N) is 2. The minimum absolute atomic E-state index is 0.0344. The number of nitrogens with one attached hydrogen (secondary N) is 2. The molecular formula is C21H26N4O5. The average Bonchev–Trinajstić information content (AvgIpc) is 2.74. The zero-order valence-electron chi connectivity index (χ0n) is 16.9. The Labute approximate surface area is 174 Å². The largest absolute Gasteiger partial charge is 0.451 e. The zero-order chi connectivity index (χ0) is 21.5. The smallest absolute Gasteiger partial charge is 0.355 e. The molecule has 0 bridgehead atoms. The number of imide groups is 1. The molecule has 0 aromatic heterocycles. The Balaban J connectivity index is 1.49. The number of ether oxygens (including phenoxy) is 1. The summed E-state index contributed by atoms with van der Waals surface area (Å²) in [6, 6.07) is 8.17. The molecule has 1 aliphatic heterocycles. The fourth-order valence-corrected chi connectivity index (χ4v) is 3.58. The molecule has 1 fully saturated rings. The van der Waals surface area contributed by atoms with E-state index in [2.05, 4.69) is 22.7 Å². The Kier molecular flexibility index (Phi) is 7.16. The Bertz CT molecular complexity index is 839. The highest BCUT2D eigenvalue weighted by Gasteiger charge is 2.27. The number of carbonyl (C=O) groups is 4. The molecule has 2 atom stereocenters. The Hall–Kier alpha value is -3.23. The molecule has 2 aliphatic rings. The van der Waals surface area contributed by atoms with Crippen molar-refractivity contribution >= 4 is 35.2 Å². The Morgan fingerprint density at radius 2 is 1.87 bits per heavy atom. The van der Waals surface area contributed by atoms with Gasteiger partial charge in [0.2, 0.25) is 5.91 Å². The van der Waals surface area contributed by atoms with E-state index in [-0.39, 0.29) is 30.5 Å². The number of hydrogen-bond donors (Lipinski definition) is 2. The number of amides is 4. The highest BCUT2D eigenvalue weighted by molar-refractivity contribution is 6.38. The molecule has 9 heteroatoms. The molecular weight excluding hydrogens is 388 g/mol. The van der Waals surface area contributed by atoms with E-state index >= 15 is 0 Å². The van der Waals surface area contributed by atoms with Gasteiger partial charge in [0.15, 0.2) is 6.61 Å². The van der Waals surface area contributed by atoms with Crippen LogP contribution in [-0.2, 0) is 19.1 Å². The Morgan fingerprint density at radius 1 is 1.13 bits per heavy atom. The van der Waals surface area contributed by atoms with E-state index in [0.29, 0.717) is 11.6 Å². The van der Waals surface area contributed by atoms with Crippen LogP contribution in [0.5, 0.6) is 0 Å². The SMILES string of the molecule is C[C@@H]1CCCC[C@@H]1NC(=O)NC(=O)COC(=O)C1=NN(c2ccccc2)C(=O)CC1. The highest BCUT2D eigenvalue weighted by Crippen LogP contribution is 2.23. The van der Waals surface area contributed by atoms with Crippen molar-refractivity contribution in [1.82, 2.24) is 10.6 Å². The van der Waals surface area contributed by atoms with E-state index in [0.717, 1.165) is 30.7 Å². The van der Waals surface area contributed by atoms with Gasteiger partial charge in [-0.05, 0) is 30.9 Å². The predicted octanol–water partition coefficient (Wildman–Crippen LogP) is 2.12. The van der Waals surface area contributed by atoms with Crippen LogP contribution < -0.4 is 15.6 Å². The van der Waals surface area contributed by atoms with Crippen LogP contribution in [0.3, 0.4) is 0 Å². The molecule has 0 spiro atoms. The molecule has 1 aromatic rings. The minimum atomic E-state index is -0.792. The molecule has 9 nitrogen and oxygen atoms in total. The molecule has 0 radical (unpaired) electrons. The van der Waals surface area contributed by atoms with E-state index in [1.54, 1.807) is 30.3 Å². The molecule has 3 rings (SSSR count). The molecule has 160 valence electrons. The van der Waals surface area contributed by atoms with E-state index in [4.69, 9.17) is 4.74 Å². The van der Waals surface area contributed by atoms with Crippen LogP contribution in [0.25, 0.3) is 0 Å². The van der Waals surface area contributed by atoms with Gasteiger partial charge in [0, 0.05) is 18.9 Å². The minimum Gasteiger partial charge on any atom is -0.451 e. The van der Waals surface area contributed by atoms with Crippen molar-refractivity contribution in [2.24, 2.45) is 11.0 Å². The second-order valence-electron chi connectivity index (χ2n) is 7.55. The fraction of sp³-hybridized carbons (Fsp3) is 0.476. The summed E-state index contributed by atoms with van der Waals surface area (Å²) in [7, 11) is 0. The molecule has 0 unspecified atom stereocenters. The molecule has 1 aliphatic carbocycles. The standard InChI is InChI=1S/C21H26N4O5/c1-14-7-5-6-10-16(14)22-21(29)23-18(26)13-30-20(28)17-11-12-19(27)25(24-17)15-8-3-2-4-9-15/h2-4,8-9,14,16H,5-7,10-13H2,1H3,(H2,22,23,26,29)/t14-,16+/m1/s1. The van der Waals surface area contributed by atoms with Crippen molar-refractivity contribution in [3.8, 4) is 0 Å². The molecule has 1 aromatic carbocycles. The molecule has 0 saturated heterocycles. The number of para-hydroxylation sites is 1. The van der Waals surface area contributed by atoms with Crippen molar-refractivity contribution in [2.75, 3.05) is 11.6 Å². The first-order chi connectivity index (χ1) is 14.4. The van der Waals surface area contributed by atoms with Gasteiger partial charge in [-0.3, -0.25) is 14.9 Å². The third-order valence-electron chi connectivity index (χ3n) is 5.28. The van der Waals surface area contributed by atoms with Crippen LogP contribution in [0.1, 0.15) is 45.4 Å². The number of anilines is 1. The summed E-state index contributed by atoms with van der Waals surface area (Å²) in [4.78, 5) is 48.3. The van der Waals surface area contributed by atoms with Crippen molar-refractivity contribution in [1.29, 1.82) is 0 Å². The maximum atomic E-state index is 12.3. The third kappa shape index (κ3) is 5.65. The summed E-state index contributed by atoms with van der Waals surface area (Å²) in [5, 5.41) is 10.2. The first kappa shape index (κ1) is 21.5. The second-order valence-corrected chi connectivity index (χ2v) is 7.55. The molecule has 30 heavy (non-hydrogen) atoms. The monoisotopic (exact) mass is 414 g/mol. The molecule has 1 saturated carbocycles. The number of rotatable bonds is 5. The predicted molar refractivity (Wildman–Crippen MR) is 110 cm³/mol. The lowest BCUT2D eigenvalue weighted by Crippen LogP contribution is -2.48. The number of urea groups is 1. The van der Waals surface area contributed by atoms with Crippen molar-refractivity contribution in [3.05, 3.63) is 30.3 Å². The summed E-state index contributed by atoms with van der Waals surface area (Å²) in [6.45, 7) is 1.47. The van der Waals surface area contributed by atoms with Crippen molar-refractivity contribution < 1.29 is 23.9 Å². The summed E-state index contributed by atoms with van der Waals surface area (Å²) in [5.41, 5.74) is 0.589. The van der Waals surface area contributed by atoms with E-state index in [9.17, 15) is 19.2 Å². The summed E-state index contributed by atoms with van der Waals surface area (Å²) in [6.07, 6.45) is 4.35. The lowest BCUT2D eigenvalue weighted by atomic mass is 9.86. The molecule has 2 N–H and O–H groups in total. The van der Waals surface area contributed by atoms with Gasteiger partial charge < -0.3 is 10.1 Å². The lowest BCUT2D eigenvalue weighted by Gasteiger charge is -2.29. The van der Waals surface area contributed by atoms with Gasteiger partial charge in [-0.1, -0.05) is 38.0 Å². The number of carbonyl (C=O) groups excluding carboxylic acids is 4. The van der Waals surface area contributed by atoms with Gasteiger partial charge >= 0.3 is 12.0 Å². The number of esters is 1.